The van der Waals surface area contributed by atoms with Crippen LogP contribution in [0.5, 0.6) is 0 Å². The zero-order valence-electron chi connectivity index (χ0n) is 9.09. The summed E-state index contributed by atoms with van der Waals surface area (Å²) in [5, 5.41) is -0.544. The van der Waals surface area contributed by atoms with Gasteiger partial charge in [-0.1, -0.05) is 42.1 Å². The van der Waals surface area contributed by atoms with Crippen molar-refractivity contribution < 1.29 is 14.4 Å². The first-order valence-electron chi connectivity index (χ1n) is 5.24. The van der Waals surface area contributed by atoms with Crippen molar-refractivity contribution in [2.75, 3.05) is 12.3 Å². The highest BCUT2D eigenvalue weighted by Gasteiger charge is 2.31. The van der Waals surface area contributed by atoms with Crippen LogP contribution in [0.4, 0.5) is 0 Å². The molecular formula is C12H11NO3S. The van der Waals surface area contributed by atoms with Crippen LogP contribution < -0.4 is 0 Å². The van der Waals surface area contributed by atoms with Crippen molar-refractivity contribution in [2.24, 2.45) is 0 Å². The minimum Gasteiger partial charge on any atom is -0.276 e. The number of carbonyl (C=O) groups excluding carboxylic acids is 3. The first-order chi connectivity index (χ1) is 8.18. The maximum Gasteiger partial charge on any atom is 0.307 e. The number of carbonyl (C=O) groups is 3. The van der Waals surface area contributed by atoms with Crippen LogP contribution in [0.15, 0.2) is 30.3 Å². The van der Waals surface area contributed by atoms with E-state index in [-0.39, 0.29) is 12.3 Å². The van der Waals surface area contributed by atoms with Gasteiger partial charge in [0, 0.05) is 12.3 Å². The number of rotatable bonds is 2. The highest BCUT2D eigenvalue weighted by Crippen LogP contribution is 2.14. The van der Waals surface area contributed by atoms with E-state index in [1.807, 2.05) is 30.3 Å². The average molecular weight is 249 g/mol. The summed E-state index contributed by atoms with van der Waals surface area (Å²) >= 11 is 0.971. The van der Waals surface area contributed by atoms with Crippen molar-refractivity contribution in [1.82, 2.24) is 4.90 Å². The third-order valence-corrected chi connectivity index (χ3v) is 3.29. The van der Waals surface area contributed by atoms with Crippen LogP contribution in [0.1, 0.15) is 5.56 Å². The average Bonchev–Trinajstić information content (AvgIpc) is 2.34. The summed E-state index contributed by atoms with van der Waals surface area (Å²) in [6, 6.07) is 9.18. The predicted octanol–water partition coefficient (Wildman–Crippen LogP) is 0.858. The van der Waals surface area contributed by atoms with Gasteiger partial charge in [-0.25, -0.2) is 0 Å². The Balaban J connectivity index is 2.05. The molecule has 0 spiro atoms. The van der Waals surface area contributed by atoms with Crippen LogP contribution in [0.25, 0.3) is 0 Å². The number of nitrogens with zero attached hydrogens (tertiary/aromatic N) is 1. The summed E-state index contributed by atoms with van der Waals surface area (Å²) < 4.78 is 0. The zero-order valence-corrected chi connectivity index (χ0v) is 9.90. The number of imide groups is 1. The topological polar surface area (TPSA) is 54.5 Å². The number of hydrogen-bond donors (Lipinski definition) is 0. The molecule has 1 aromatic carbocycles. The van der Waals surface area contributed by atoms with Crippen LogP contribution >= 0.6 is 11.8 Å². The lowest BCUT2D eigenvalue weighted by Crippen LogP contribution is -2.45. The van der Waals surface area contributed by atoms with Crippen molar-refractivity contribution in [3.8, 4) is 0 Å². The van der Waals surface area contributed by atoms with Gasteiger partial charge in [0.25, 0.3) is 5.12 Å². The molecule has 2 rings (SSSR count). The Labute approximate surface area is 103 Å². The Morgan fingerprint density at radius 1 is 1.24 bits per heavy atom. The van der Waals surface area contributed by atoms with Gasteiger partial charge in [-0.2, -0.15) is 0 Å². The Morgan fingerprint density at radius 2 is 1.94 bits per heavy atom. The summed E-state index contributed by atoms with van der Waals surface area (Å²) in [5.41, 5.74) is 0.843. The SMILES string of the molecule is O=C1SCCN(C(=O)Cc2ccccc2)C1=O. The lowest BCUT2D eigenvalue weighted by atomic mass is 10.1. The summed E-state index contributed by atoms with van der Waals surface area (Å²) in [7, 11) is 0. The van der Waals surface area contributed by atoms with Gasteiger partial charge >= 0.3 is 5.91 Å². The molecule has 2 amide bonds. The molecule has 0 atom stereocenters. The fourth-order valence-electron chi connectivity index (χ4n) is 1.61. The smallest absolute Gasteiger partial charge is 0.276 e. The Bertz CT molecular complexity index is 458. The Kier molecular flexibility index (Phi) is 3.58. The molecular weight excluding hydrogens is 238 g/mol. The Hall–Kier alpha value is -1.62. The van der Waals surface area contributed by atoms with Gasteiger partial charge in [-0.15, -0.1) is 0 Å². The number of amides is 2. The molecule has 1 saturated heterocycles. The highest BCUT2D eigenvalue weighted by molar-refractivity contribution is 8.15. The molecule has 0 aromatic heterocycles. The minimum absolute atomic E-state index is 0.157. The highest BCUT2D eigenvalue weighted by atomic mass is 32.2. The second-order valence-corrected chi connectivity index (χ2v) is 4.72. The third-order valence-electron chi connectivity index (χ3n) is 2.47. The monoisotopic (exact) mass is 249 g/mol. The van der Waals surface area contributed by atoms with E-state index < -0.39 is 11.0 Å². The molecule has 0 unspecified atom stereocenters. The lowest BCUT2D eigenvalue weighted by Gasteiger charge is -2.23. The first-order valence-corrected chi connectivity index (χ1v) is 6.22. The second-order valence-electron chi connectivity index (χ2n) is 3.65. The number of hydrogen-bond acceptors (Lipinski definition) is 4. The molecule has 0 N–H and O–H groups in total. The fraction of sp³-hybridized carbons (Fsp3) is 0.250. The summed E-state index contributed by atoms with van der Waals surface area (Å²) in [6.07, 6.45) is 0.157. The first kappa shape index (κ1) is 11.9. The van der Waals surface area contributed by atoms with E-state index in [9.17, 15) is 14.4 Å². The van der Waals surface area contributed by atoms with E-state index in [0.29, 0.717) is 12.3 Å². The summed E-state index contributed by atoms with van der Waals surface area (Å²) in [5.74, 6) is -0.512. The van der Waals surface area contributed by atoms with Crippen molar-refractivity contribution in [3.05, 3.63) is 35.9 Å². The molecule has 1 aromatic rings. The zero-order chi connectivity index (χ0) is 12.3. The van der Waals surface area contributed by atoms with Crippen LogP contribution in [0, 0.1) is 0 Å². The molecule has 0 saturated carbocycles. The van der Waals surface area contributed by atoms with Crippen LogP contribution in [-0.2, 0) is 20.8 Å². The normalized spacial score (nSPS) is 16.1. The van der Waals surface area contributed by atoms with Gasteiger partial charge in [0.1, 0.15) is 0 Å². The van der Waals surface area contributed by atoms with Crippen molar-refractivity contribution in [2.45, 2.75) is 6.42 Å². The minimum atomic E-state index is -0.692. The second kappa shape index (κ2) is 5.14. The molecule has 88 valence electrons. The number of benzene rings is 1. The van der Waals surface area contributed by atoms with Gasteiger partial charge in [0.15, 0.2) is 0 Å². The Morgan fingerprint density at radius 3 is 2.65 bits per heavy atom. The van der Waals surface area contributed by atoms with Gasteiger partial charge < -0.3 is 0 Å². The molecule has 1 aliphatic rings. The van der Waals surface area contributed by atoms with E-state index in [1.54, 1.807) is 0 Å². The van der Waals surface area contributed by atoms with Crippen molar-refractivity contribution >= 4 is 28.7 Å². The van der Waals surface area contributed by atoms with Crippen LogP contribution in [0.2, 0.25) is 0 Å². The molecule has 1 heterocycles. The molecule has 1 fully saturated rings. The quantitative estimate of drug-likeness (QED) is 0.729. The van der Waals surface area contributed by atoms with Gasteiger partial charge in [0.05, 0.1) is 6.42 Å². The van der Waals surface area contributed by atoms with E-state index in [2.05, 4.69) is 0 Å². The molecule has 5 heteroatoms. The summed E-state index contributed by atoms with van der Waals surface area (Å²) in [4.78, 5) is 35.6. The summed E-state index contributed by atoms with van der Waals surface area (Å²) in [6.45, 7) is 0.320. The van der Waals surface area contributed by atoms with Crippen molar-refractivity contribution in [1.29, 1.82) is 0 Å². The maximum atomic E-state index is 11.9. The molecule has 0 aliphatic carbocycles. The predicted molar refractivity (Wildman–Crippen MR) is 64.3 cm³/mol. The fourth-order valence-corrected chi connectivity index (χ4v) is 2.30. The van der Waals surface area contributed by atoms with Crippen LogP contribution in [0.3, 0.4) is 0 Å². The molecule has 17 heavy (non-hydrogen) atoms. The number of thioether (sulfide) groups is 1. The lowest BCUT2D eigenvalue weighted by molar-refractivity contribution is -0.149. The van der Waals surface area contributed by atoms with Gasteiger partial charge in [0.2, 0.25) is 5.91 Å². The maximum absolute atomic E-state index is 11.9. The third kappa shape index (κ3) is 2.74. The molecule has 4 nitrogen and oxygen atoms in total. The van der Waals surface area contributed by atoms with Crippen molar-refractivity contribution in [3.63, 3.8) is 0 Å². The molecule has 0 radical (unpaired) electrons. The van der Waals surface area contributed by atoms with Gasteiger partial charge in [-0.3, -0.25) is 19.3 Å². The van der Waals surface area contributed by atoms with E-state index in [0.717, 1.165) is 22.2 Å². The standard InChI is InChI=1S/C12H11NO3S/c14-10(8-9-4-2-1-3-5-9)13-6-7-17-12(16)11(13)15/h1-5H,6-8H2. The van der Waals surface area contributed by atoms with Crippen LogP contribution in [-0.4, -0.2) is 34.1 Å². The van der Waals surface area contributed by atoms with E-state index >= 15 is 0 Å². The van der Waals surface area contributed by atoms with E-state index in [4.69, 9.17) is 0 Å². The molecule has 1 aliphatic heterocycles. The van der Waals surface area contributed by atoms with E-state index in [1.165, 1.54) is 0 Å². The largest absolute Gasteiger partial charge is 0.307 e. The van der Waals surface area contributed by atoms with Gasteiger partial charge in [-0.05, 0) is 5.56 Å². The molecule has 0 bridgehead atoms.